The van der Waals surface area contributed by atoms with Gasteiger partial charge >= 0.3 is 0 Å². The summed E-state index contributed by atoms with van der Waals surface area (Å²) >= 11 is 4.99. The van der Waals surface area contributed by atoms with Crippen LogP contribution in [0.5, 0.6) is 0 Å². The van der Waals surface area contributed by atoms with Crippen LogP contribution in [0, 0.1) is 12.3 Å². The molecule has 0 bridgehead atoms. The van der Waals surface area contributed by atoms with Crippen LogP contribution in [0.2, 0.25) is 0 Å². The molecule has 0 amide bonds. The standard InChI is InChI=1S/C8H8BrNS/c1-2-3-6(10)7-4-5-8(9)11-7/h1,4-6H,3,10H2. The lowest BCUT2D eigenvalue weighted by Gasteiger charge is -2.02. The fourth-order valence-electron chi connectivity index (χ4n) is 0.755. The second-order valence-electron chi connectivity index (χ2n) is 2.16. The van der Waals surface area contributed by atoms with Crippen molar-refractivity contribution in [3.8, 4) is 12.3 Å². The smallest absolute Gasteiger partial charge is 0.0701 e. The van der Waals surface area contributed by atoms with E-state index in [9.17, 15) is 0 Å². The molecule has 1 unspecified atom stereocenters. The number of terminal acetylenes is 1. The summed E-state index contributed by atoms with van der Waals surface area (Å²) in [6.45, 7) is 0. The highest BCUT2D eigenvalue weighted by Crippen LogP contribution is 2.27. The fourth-order valence-corrected chi connectivity index (χ4v) is 2.18. The Kier molecular flexibility index (Phi) is 3.13. The Labute approximate surface area is 78.7 Å². The Hall–Kier alpha value is -0.300. The lowest BCUT2D eigenvalue weighted by atomic mass is 10.2. The maximum Gasteiger partial charge on any atom is 0.0701 e. The van der Waals surface area contributed by atoms with Crippen molar-refractivity contribution in [2.45, 2.75) is 12.5 Å². The molecule has 1 rings (SSSR count). The highest BCUT2D eigenvalue weighted by Gasteiger charge is 2.05. The minimum atomic E-state index is -0.00343. The fraction of sp³-hybridized carbons (Fsp3) is 0.250. The minimum Gasteiger partial charge on any atom is -0.322 e. The highest BCUT2D eigenvalue weighted by atomic mass is 79.9. The summed E-state index contributed by atoms with van der Waals surface area (Å²) < 4.78 is 1.10. The first-order valence-corrected chi connectivity index (χ1v) is 4.79. The Bertz CT molecular complexity index is 274. The molecule has 0 aromatic carbocycles. The van der Waals surface area contributed by atoms with Gasteiger partial charge in [-0.25, -0.2) is 0 Å². The van der Waals surface area contributed by atoms with Gasteiger partial charge in [0.15, 0.2) is 0 Å². The van der Waals surface area contributed by atoms with Crippen molar-refractivity contribution >= 4 is 27.3 Å². The maximum absolute atomic E-state index is 5.77. The van der Waals surface area contributed by atoms with Crippen LogP contribution in [-0.2, 0) is 0 Å². The van der Waals surface area contributed by atoms with Gasteiger partial charge in [0.05, 0.1) is 9.83 Å². The van der Waals surface area contributed by atoms with Crippen LogP contribution in [0.25, 0.3) is 0 Å². The van der Waals surface area contributed by atoms with Gasteiger partial charge in [0, 0.05) is 11.3 Å². The lowest BCUT2D eigenvalue weighted by molar-refractivity contribution is 0.771. The topological polar surface area (TPSA) is 26.0 Å². The molecular formula is C8H8BrNS. The first-order chi connectivity index (χ1) is 5.24. The number of nitrogens with two attached hydrogens (primary N) is 1. The average molecular weight is 230 g/mol. The van der Waals surface area contributed by atoms with Gasteiger partial charge in [-0.15, -0.1) is 23.7 Å². The number of rotatable bonds is 2. The number of hydrogen-bond donors (Lipinski definition) is 1. The van der Waals surface area contributed by atoms with E-state index >= 15 is 0 Å². The quantitative estimate of drug-likeness (QED) is 0.776. The van der Waals surface area contributed by atoms with Crippen molar-refractivity contribution < 1.29 is 0 Å². The zero-order chi connectivity index (χ0) is 8.27. The van der Waals surface area contributed by atoms with Gasteiger partial charge in [-0.2, -0.15) is 0 Å². The SMILES string of the molecule is C#CCC(N)c1ccc(Br)s1. The van der Waals surface area contributed by atoms with Crippen molar-refractivity contribution in [1.29, 1.82) is 0 Å². The molecule has 1 aromatic heterocycles. The Morgan fingerprint density at radius 1 is 1.73 bits per heavy atom. The van der Waals surface area contributed by atoms with Gasteiger partial charge in [0.2, 0.25) is 0 Å². The molecule has 1 atom stereocenters. The van der Waals surface area contributed by atoms with Crippen molar-refractivity contribution in [1.82, 2.24) is 0 Å². The summed E-state index contributed by atoms with van der Waals surface area (Å²) in [5.41, 5.74) is 5.77. The predicted molar refractivity (Wildman–Crippen MR) is 52.4 cm³/mol. The lowest BCUT2D eigenvalue weighted by Crippen LogP contribution is -2.06. The van der Waals surface area contributed by atoms with E-state index in [4.69, 9.17) is 12.2 Å². The van der Waals surface area contributed by atoms with Gasteiger partial charge in [-0.3, -0.25) is 0 Å². The zero-order valence-corrected chi connectivity index (χ0v) is 8.28. The molecule has 0 aliphatic rings. The van der Waals surface area contributed by atoms with Gasteiger partial charge in [-0.05, 0) is 28.1 Å². The monoisotopic (exact) mass is 229 g/mol. The summed E-state index contributed by atoms with van der Waals surface area (Å²) in [4.78, 5) is 1.13. The Morgan fingerprint density at radius 3 is 2.91 bits per heavy atom. The minimum absolute atomic E-state index is 0.00343. The normalized spacial score (nSPS) is 12.5. The van der Waals surface area contributed by atoms with Gasteiger partial charge in [-0.1, -0.05) is 0 Å². The first-order valence-electron chi connectivity index (χ1n) is 3.18. The third-order valence-electron chi connectivity index (χ3n) is 1.30. The Morgan fingerprint density at radius 2 is 2.45 bits per heavy atom. The largest absolute Gasteiger partial charge is 0.322 e. The first kappa shape index (κ1) is 8.79. The highest BCUT2D eigenvalue weighted by molar-refractivity contribution is 9.11. The molecule has 0 radical (unpaired) electrons. The van der Waals surface area contributed by atoms with Gasteiger partial charge in [0.1, 0.15) is 0 Å². The third kappa shape index (κ3) is 2.33. The van der Waals surface area contributed by atoms with Crippen LogP contribution in [0.1, 0.15) is 17.3 Å². The van der Waals surface area contributed by atoms with Crippen LogP contribution in [-0.4, -0.2) is 0 Å². The molecule has 0 saturated carbocycles. The summed E-state index contributed by atoms with van der Waals surface area (Å²) in [7, 11) is 0. The van der Waals surface area contributed by atoms with E-state index in [1.807, 2.05) is 12.1 Å². The average Bonchev–Trinajstić information content (AvgIpc) is 2.36. The second-order valence-corrected chi connectivity index (χ2v) is 4.65. The number of halogens is 1. The molecule has 0 saturated heterocycles. The van der Waals surface area contributed by atoms with Crippen LogP contribution in [0.4, 0.5) is 0 Å². The van der Waals surface area contributed by atoms with Crippen molar-refractivity contribution in [2.75, 3.05) is 0 Å². The van der Waals surface area contributed by atoms with Crippen molar-refractivity contribution in [3.63, 3.8) is 0 Å². The van der Waals surface area contributed by atoms with E-state index in [1.54, 1.807) is 11.3 Å². The Balaban J connectivity index is 2.70. The van der Waals surface area contributed by atoms with Crippen molar-refractivity contribution in [2.24, 2.45) is 5.73 Å². The predicted octanol–water partition coefficient (Wildman–Crippen LogP) is 2.53. The van der Waals surface area contributed by atoms with E-state index in [-0.39, 0.29) is 6.04 Å². The van der Waals surface area contributed by atoms with Gasteiger partial charge in [0.25, 0.3) is 0 Å². The second kappa shape index (κ2) is 3.91. The van der Waals surface area contributed by atoms with Crippen molar-refractivity contribution in [3.05, 3.63) is 20.8 Å². The molecule has 1 nitrogen and oxygen atoms in total. The summed E-state index contributed by atoms with van der Waals surface area (Å²) in [5, 5.41) is 0. The summed E-state index contributed by atoms with van der Waals surface area (Å²) in [6.07, 6.45) is 5.74. The number of thiophene rings is 1. The van der Waals surface area contributed by atoms with Crippen LogP contribution in [0.15, 0.2) is 15.9 Å². The van der Waals surface area contributed by atoms with Crippen LogP contribution >= 0.6 is 27.3 Å². The molecule has 2 N–H and O–H groups in total. The maximum atomic E-state index is 5.77. The van der Waals surface area contributed by atoms with Crippen LogP contribution < -0.4 is 5.73 Å². The van der Waals surface area contributed by atoms with Gasteiger partial charge < -0.3 is 5.73 Å². The third-order valence-corrected chi connectivity index (χ3v) is 3.05. The molecule has 58 valence electrons. The molecule has 0 aliphatic heterocycles. The molecule has 1 aromatic rings. The number of hydrogen-bond acceptors (Lipinski definition) is 2. The zero-order valence-electron chi connectivity index (χ0n) is 5.88. The molecule has 0 aliphatic carbocycles. The molecule has 0 spiro atoms. The van der Waals surface area contributed by atoms with E-state index in [0.717, 1.165) is 8.66 Å². The molecule has 1 heterocycles. The van der Waals surface area contributed by atoms with E-state index < -0.39 is 0 Å². The molecule has 3 heteroatoms. The van der Waals surface area contributed by atoms with E-state index in [1.165, 1.54) is 0 Å². The van der Waals surface area contributed by atoms with E-state index in [0.29, 0.717) is 6.42 Å². The molecule has 0 fully saturated rings. The van der Waals surface area contributed by atoms with E-state index in [2.05, 4.69) is 21.9 Å². The summed E-state index contributed by atoms with van der Waals surface area (Å²) in [6, 6.07) is 3.98. The van der Waals surface area contributed by atoms with Crippen LogP contribution in [0.3, 0.4) is 0 Å². The molecule has 11 heavy (non-hydrogen) atoms. The molecular weight excluding hydrogens is 222 g/mol. The summed E-state index contributed by atoms with van der Waals surface area (Å²) in [5.74, 6) is 2.54.